The highest BCUT2D eigenvalue weighted by Crippen LogP contribution is 2.30. The third-order valence-electron chi connectivity index (χ3n) is 3.68. The standard InChI is InChI=1S/C21H27NO4/c1-6-25-20-12-16(8-10-19(20)26-13-14(2)3)21(23)22-17-11-15(4)7-9-18(17)24-5/h7-12,14H,6,13H2,1-5H3,(H,22,23). The van der Waals surface area contributed by atoms with E-state index in [-0.39, 0.29) is 5.91 Å². The van der Waals surface area contributed by atoms with E-state index >= 15 is 0 Å². The highest BCUT2D eigenvalue weighted by Gasteiger charge is 2.14. The first kappa shape index (κ1) is 19.6. The number of anilines is 1. The van der Waals surface area contributed by atoms with Gasteiger partial charge in [-0.3, -0.25) is 4.79 Å². The molecule has 0 aliphatic heterocycles. The minimum Gasteiger partial charge on any atom is -0.495 e. The molecule has 0 unspecified atom stereocenters. The number of hydrogen-bond donors (Lipinski definition) is 1. The van der Waals surface area contributed by atoms with Gasteiger partial charge in [-0.2, -0.15) is 0 Å². The molecular weight excluding hydrogens is 330 g/mol. The van der Waals surface area contributed by atoms with E-state index in [1.165, 1.54) is 0 Å². The van der Waals surface area contributed by atoms with E-state index in [9.17, 15) is 4.79 Å². The Morgan fingerprint density at radius 2 is 1.77 bits per heavy atom. The molecule has 140 valence electrons. The Morgan fingerprint density at radius 1 is 1.04 bits per heavy atom. The number of methoxy groups -OCH3 is 1. The van der Waals surface area contributed by atoms with Crippen molar-refractivity contribution in [2.75, 3.05) is 25.6 Å². The van der Waals surface area contributed by atoms with Crippen molar-refractivity contribution < 1.29 is 19.0 Å². The molecule has 0 heterocycles. The van der Waals surface area contributed by atoms with Gasteiger partial charge in [0, 0.05) is 5.56 Å². The van der Waals surface area contributed by atoms with Crippen LogP contribution in [0, 0.1) is 12.8 Å². The number of hydrogen-bond acceptors (Lipinski definition) is 4. The van der Waals surface area contributed by atoms with Crippen LogP contribution >= 0.6 is 0 Å². The molecule has 0 fully saturated rings. The van der Waals surface area contributed by atoms with Crippen molar-refractivity contribution in [3.8, 4) is 17.2 Å². The minimum atomic E-state index is -0.231. The maximum absolute atomic E-state index is 12.7. The summed E-state index contributed by atoms with van der Waals surface area (Å²) in [4.78, 5) is 12.7. The molecule has 0 saturated heterocycles. The number of aryl methyl sites for hydroxylation is 1. The number of amides is 1. The van der Waals surface area contributed by atoms with E-state index in [1.54, 1.807) is 25.3 Å². The first-order valence-electron chi connectivity index (χ1n) is 8.80. The van der Waals surface area contributed by atoms with Gasteiger partial charge in [-0.25, -0.2) is 0 Å². The monoisotopic (exact) mass is 357 g/mol. The number of nitrogens with one attached hydrogen (secondary N) is 1. The van der Waals surface area contributed by atoms with E-state index in [2.05, 4.69) is 19.2 Å². The first-order chi connectivity index (χ1) is 12.4. The molecule has 2 rings (SSSR count). The molecule has 2 aromatic carbocycles. The number of benzene rings is 2. The highest BCUT2D eigenvalue weighted by atomic mass is 16.5. The fourth-order valence-electron chi connectivity index (χ4n) is 2.41. The summed E-state index contributed by atoms with van der Waals surface area (Å²) in [5.74, 6) is 2.00. The van der Waals surface area contributed by atoms with Gasteiger partial charge in [0.2, 0.25) is 0 Å². The number of carbonyl (C=O) groups excluding carboxylic acids is 1. The summed E-state index contributed by atoms with van der Waals surface area (Å²) in [5.41, 5.74) is 2.16. The first-order valence-corrected chi connectivity index (χ1v) is 8.80. The maximum Gasteiger partial charge on any atom is 0.255 e. The second-order valence-corrected chi connectivity index (χ2v) is 6.46. The highest BCUT2D eigenvalue weighted by molar-refractivity contribution is 6.05. The lowest BCUT2D eigenvalue weighted by Gasteiger charge is -2.15. The molecule has 0 bridgehead atoms. The summed E-state index contributed by atoms with van der Waals surface area (Å²) in [6.45, 7) is 9.11. The summed E-state index contributed by atoms with van der Waals surface area (Å²) in [6.07, 6.45) is 0. The molecule has 5 heteroatoms. The average Bonchev–Trinajstić information content (AvgIpc) is 2.61. The van der Waals surface area contributed by atoms with Crippen LogP contribution in [-0.4, -0.2) is 26.2 Å². The molecule has 1 N–H and O–H groups in total. The molecule has 0 radical (unpaired) electrons. The summed E-state index contributed by atoms with van der Waals surface area (Å²) in [6, 6.07) is 10.9. The van der Waals surface area contributed by atoms with E-state index in [1.807, 2.05) is 32.0 Å². The summed E-state index contributed by atoms with van der Waals surface area (Å²) in [7, 11) is 1.58. The predicted octanol–water partition coefficient (Wildman–Crippen LogP) is 4.69. The van der Waals surface area contributed by atoms with Crippen molar-refractivity contribution in [3.63, 3.8) is 0 Å². The average molecular weight is 357 g/mol. The molecule has 2 aromatic rings. The van der Waals surface area contributed by atoms with Gasteiger partial charge in [-0.15, -0.1) is 0 Å². The zero-order chi connectivity index (χ0) is 19.1. The summed E-state index contributed by atoms with van der Waals surface area (Å²) in [5, 5.41) is 2.90. The van der Waals surface area contributed by atoms with Crippen molar-refractivity contribution >= 4 is 11.6 Å². The normalized spacial score (nSPS) is 10.5. The van der Waals surface area contributed by atoms with Gasteiger partial charge in [0.1, 0.15) is 5.75 Å². The molecule has 0 saturated carbocycles. The largest absolute Gasteiger partial charge is 0.495 e. The van der Waals surface area contributed by atoms with Crippen molar-refractivity contribution in [2.45, 2.75) is 27.7 Å². The van der Waals surface area contributed by atoms with Gasteiger partial charge in [0.25, 0.3) is 5.91 Å². The quantitative estimate of drug-likeness (QED) is 0.745. The Kier molecular flexibility index (Phi) is 6.89. The Bertz CT molecular complexity index is 756. The van der Waals surface area contributed by atoms with Gasteiger partial charge in [-0.1, -0.05) is 19.9 Å². The summed E-state index contributed by atoms with van der Waals surface area (Å²) < 4.78 is 16.7. The second kappa shape index (κ2) is 9.13. The predicted molar refractivity (Wildman–Crippen MR) is 104 cm³/mol. The van der Waals surface area contributed by atoms with Crippen LogP contribution in [0.2, 0.25) is 0 Å². The van der Waals surface area contributed by atoms with E-state index in [0.717, 1.165) is 5.56 Å². The van der Waals surface area contributed by atoms with Crippen LogP contribution in [0.25, 0.3) is 0 Å². The molecule has 0 atom stereocenters. The van der Waals surface area contributed by atoms with Crippen LogP contribution in [0.5, 0.6) is 17.2 Å². The lowest BCUT2D eigenvalue weighted by molar-refractivity contribution is 0.102. The maximum atomic E-state index is 12.7. The van der Waals surface area contributed by atoms with Gasteiger partial charge in [0.15, 0.2) is 11.5 Å². The zero-order valence-corrected chi connectivity index (χ0v) is 16.1. The van der Waals surface area contributed by atoms with Crippen molar-refractivity contribution in [2.24, 2.45) is 5.92 Å². The Morgan fingerprint density at radius 3 is 2.42 bits per heavy atom. The molecule has 0 aromatic heterocycles. The second-order valence-electron chi connectivity index (χ2n) is 6.46. The van der Waals surface area contributed by atoms with Crippen molar-refractivity contribution in [3.05, 3.63) is 47.5 Å². The smallest absolute Gasteiger partial charge is 0.255 e. The zero-order valence-electron chi connectivity index (χ0n) is 16.1. The molecule has 1 amide bonds. The van der Waals surface area contributed by atoms with Crippen LogP contribution < -0.4 is 19.5 Å². The van der Waals surface area contributed by atoms with E-state index < -0.39 is 0 Å². The van der Waals surface area contributed by atoms with Crippen LogP contribution in [0.15, 0.2) is 36.4 Å². The number of ether oxygens (including phenoxy) is 3. The van der Waals surface area contributed by atoms with Gasteiger partial charge >= 0.3 is 0 Å². The van der Waals surface area contributed by atoms with Crippen LogP contribution in [0.3, 0.4) is 0 Å². The fraction of sp³-hybridized carbons (Fsp3) is 0.381. The van der Waals surface area contributed by atoms with Crippen LogP contribution in [0.4, 0.5) is 5.69 Å². The van der Waals surface area contributed by atoms with Crippen LogP contribution in [-0.2, 0) is 0 Å². The Hall–Kier alpha value is -2.69. The van der Waals surface area contributed by atoms with Gasteiger partial charge < -0.3 is 19.5 Å². The van der Waals surface area contributed by atoms with Gasteiger partial charge in [0.05, 0.1) is 26.0 Å². The third kappa shape index (κ3) is 5.15. The fourth-order valence-corrected chi connectivity index (χ4v) is 2.41. The molecule has 26 heavy (non-hydrogen) atoms. The third-order valence-corrected chi connectivity index (χ3v) is 3.68. The lowest BCUT2D eigenvalue weighted by atomic mass is 10.1. The topological polar surface area (TPSA) is 56.8 Å². The molecule has 0 aliphatic rings. The van der Waals surface area contributed by atoms with Crippen molar-refractivity contribution in [1.82, 2.24) is 0 Å². The lowest BCUT2D eigenvalue weighted by Crippen LogP contribution is -2.13. The summed E-state index contributed by atoms with van der Waals surface area (Å²) >= 11 is 0. The van der Waals surface area contributed by atoms with Crippen molar-refractivity contribution in [1.29, 1.82) is 0 Å². The van der Waals surface area contributed by atoms with Crippen LogP contribution in [0.1, 0.15) is 36.7 Å². The number of rotatable bonds is 8. The minimum absolute atomic E-state index is 0.231. The van der Waals surface area contributed by atoms with E-state index in [4.69, 9.17) is 14.2 Å². The van der Waals surface area contributed by atoms with Gasteiger partial charge in [-0.05, 0) is 55.7 Å². The number of carbonyl (C=O) groups is 1. The Balaban J connectivity index is 2.23. The molecule has 0 spiro atoms. The Labute approximate surface area is 155 Å². The van der Waals surface area contributed by atoms with E-state index in [0.29, 0.717) is 47.6 Å². The molecule has 0 aliphatic carbocycles. The molecular formula is C21H27NO4. The SMILES string of the molecule is CCOc1cc(C(=O)Nc2cc(C)ccc2OC)ccc1OCC(C)C. The molecule has 5 nitrogen and oxygen atoms in total.